The lowest BCUT2D eigenvalue weighted by molar-refractivity contribution is -0.138. The van der Waals surface area contributed by atoms with Gasteiger partial charge in [-0.3, -0.25) is 14.6 Å². The lowest BCUT2D eigenvalue weighted by Gasteiger charge is -2.26. The van der Waals surface area contributed by atoms with Gasteiger partial charge in [-0.1, -0.05) is 24.3 Å². The third-order valence-electron chi connectivity index (χ3n) is 4.67. The second kappa shape index (κ2) is 7.53. The summed E-state index contributed by atoms with van der Waals surface area (Å²) in [5.41, 5.74) is 1.50. The van der Waals surface area contributed by atoms with Crippen molar-refractivity contribution in [3.63, 3.8) is 0 Å². The van der Waals surface area contributed by atoms with E-state index >= 15 is 0 Å². The molecule has 140 valence electrons. The summed E-state index contributed by atoms with van der Waals surface area (Å²) < 4.78 is 1.60. The molecule has 1 aromatic carbocycles. The predicted molar refractivity (Wildman–Crippen MR) is 99.8 cm³/mol. The van der Waals surface area contributed by atoms with Crippen LogP contribution in [0.3, 0.4) is 0 Å². The number of carboxylic acid groups (broad SMARTS) is 1. The molecule has 1 N–H and O–H groups in total. The zero-order valence-corrected chi connectivity index (χ0v) is 15.5. The van der Waals surface area contributed by atoms with Crippen LogP contribution in [0.5, 0.6) is 0 Å². The Hall–Kier alpha value is -3.29. The molecule has 0 saturated heterocycles. The summed E-state index contributed by atoms with van der Waals surface area (Å²) in [6.07, 6.45) is 4.10. The molecule has 0 aliphatic heterocycles. The van der Waals surface area contributed by atoms with Crippen LogP contribution in [0.2, 0.25) is 0 Å². The monoisotopic (exact) mass is 367 g/mol. The Morgan fingerprint density at radius 1 is 1.30 bits per heavy atom. The van der Waals surface area contributed by atoms with Gasteiger partial charge in [-0.05, 0) is 32.4 Å². The van der Waals surface area contributed by atoms with Gasteiger partial charge in [0.1, 0.15) is 6.54 Å². The molecule has 1 amide bonds. The van der Waals surface area contributed by atoms with Gasteiger partial charge in [0.2, 0.25) is 0 Å². The van der Waals surface area contributed by atoms with Gasteiger partial charge in [0.25, 0.3) is 5.91 Å². The molecule has 0 saturated carbocycles. The molecule has 0 aliphatic carbocycles. The van der Waals surface area contributed by atoms with Crippen LogP contribution in [0.25, 0.3) is 16.5 Å². The minimum Gasteiger partial charge on any atom is -0.480 e. The van der Waals surface area contributed by atoms with Crippen molar-refractivity contribution in [1.29, 1.82) is 0 Å². The molecule has 0 bridgehead atoms. The SMILES string of the molecule is CCC(C)N(CC(=O)O)C(=O)c1nnn(-c2cccc3cnccc23)c1C. The van der Waals surface area contributed by atoms with Crippen LogP contribution in [0, 0.1) is 6.92 Å². The second-order valence-corrected chi connectivity index (χ2v) is 6.39. The third kappa shape index (κ3) is 3.51. The molecule has 1 unspecified atom stereocenters. The molecule has 8 heteroatoms. The van der Waals surface area contributed by atoms with Crippen LogP contribution >= 0.6 is 0 Å². The Balaban J connectivity index is 2.04. The summed E-state index contributed by atoms with van der Waals surface area (Å²) in [5.74, 6) is -1.49. The maximum Gasteiger partial charge on any atom is 0.323 e. The van der Waals surface area contributed by atoms with E-state index in [1.165, 1.54) is 4.90 Å². The van der Waals surface area contributed by atoms with Crippen molar-refractivity contribution in [3.05, 3.63) is 48.0 Å². The van der Waals surface area contributed by atoms with Crippen molar-refractivity contribution in [1.82, 2.24) is 24.9 Å². The summed E-state index contributed by atoms with van der Waals surface area (Å²) in [7, 11) is 0. The number of amides is 1. The van der Waals surface area contributed by atoms with E-state index in [0.29, 0.717) is 12.1 Å². The van der Waals surface area contributed by atoms with Gasteiger partial charge in [0.05, 0.1) is 11.4 Å². The number of rotatable bonds is 6. The van der Waals surface area contributed by atoms with Crippen molar-refractivity contribution in [2.24, 2.45) is 0 Å². The number of hydrogen-bond acceptors (Lipinski definition) is 5. The number of pyridine rings is 1. The minimum absolute atomic E-state index is 0.155. The maximum atomic E-state index is 12.9. The topological polar surface area (TPSA) is 101 Å². The molecule has 1 atom stereocenters. The zero-order valence-electron chi connectivity index (χ0n) is 15.5. The fourth-order valence-corrected chi connectivity index (χ4v) is 2.98. The summed E-state index contributed by atoms with van der Waals surface area (Å²) in [6.45, 7) is 5.10. The highest BCUT2D eigenvalue weighted by molar-refractivity contribution is 5.96. The van der Waals surface area contributed by atoms with Crippen LogP contribution in [-0.2, 0) is 4.79 Å². The molecular weight excluding hydrogens is 346 g/mol. The standard InChI is InChI=1S/C19H21N5O3/c1-4-12(2)23(11-17(25)26)19(27)18-13(3)24(22-21-18)16-7-5-6-14-10-20-9-8-15(14)16/h5-10,12H,4,11H2,1-3H3,(H,25,26). The molecule has 0 fully saturated rings. The summed E-state index contributed by atoms with van der Waals surface area (Å²) >= 11 is 0. The quantitative estimate of drug-likeness (QED) is 0.718. The Bertz CT molecular complexity index is 993. The molecule has 2 heterocycles. The summed E-state index contributed by atoms with van der Waals surface area (Å²) in [4.78, 5) is 29.6. The lowest BCUT2D eigenvalue weighted by atomic mass is 10.1. The van der Waals surface area contributed by atoms with Gasteiger partial charge in [-0.2, -0.15) is 0 Å². The highest BCUT2D eigenvalue weighted by atomic mass is 16.4. The van der Waals surface area contributed by atoms with E-state index in [1.807, 2.05) is 38.1 Å². The van der Waals surface area contributed by atoms with Crippen molar-refractivity contribution < 1.29 is 14.7 Å². The number of carbonyl (C=O) groups excluding carboxylic acids is 1. The van der Waals surface area contributed by atoms with E-state index in [1.54, 1.807) is 24.0 Å². The first-order chi connectivity index (χ1) is 12.9. The van der Waals surface area contributed by atoms with Gasteiger partial charge in [0, 0.05) is 29.2 Å². The normalized spacial score (nSPS) is 12.1. The number of nitrogens with zero attached hydrogens (tertiary/aromatic N) is 5. The molecule has 0 aliphatic rings. The van der Waals surface area contributed by atoms with Crippen LogP contribution in [0.15, 0.2) is 36.7 Å². The highest BCUT2D eigenvalue weighted by Crippen LogP contribution is 2.23. The van der Waals surface area contributed by atoms with E-state index in [9.17, 15) is 9.59 Å². The first kappa shape index (κ1) is 18.5. The lowest BCUT2D eigenvalue weighted by Crippen LogP contribution is -2.42. The Morgan fingerprint density at radius 2 is 2.07 bits per heavy atom. The van der Waals surface area contributed by atoms with Crippen LogP contribution in [-0.4, -0.2) is 54.4 Å². The fraction of sp³-hybridized carbons (Fsp3) is 0.316. The van der Waals surface area contributed by atoms with Crippen LogP contribution in [0.1, 0.15) is 36.5 Å². The first-order valence-corrected chi connectivity index (χ1v) is 8.72. The average Bonchev–Trinajstić information content (AvgIpc) is 3.05. The van der Waals surface area contributed by atoms with E-state index in [4.69, 9.17) is 5.11 Å². The molecule has 3 rings (SSSR count). The number of fused-ring (bicyclic) bond motifs is 1. The number of hydrogen-bond donors (Lipinski definition) is 1. The first-order valence-electron chi connectivity index (χ1n) is 8.72. The number of benzene rings is 1. The molecule has 8 nitrogen and oxygen atoms in total. The Kier molecular flexibility index (Phi) is 5.16. The average molecular weight is 367 g/mol. The van der Waals surface area contributed by atoms with Gasteiger partial charge in [-0.15, -0.1) is 5.10 Å². The smallest absolute Gasteiger partial charge is 0.323 e. The van der Waals surface area contributed by atoms with E-state index < -0.39 is 11.9 Å². The Labute approximate surface area is 156 Å². The zero-order chi connectivity index (χ0) is 19.6. The molecule has 0 radical (unpaired) electrons. The van der Waals surface area contributed by atoms with Crippen molar-refractivity contribution in [3.8, 4) is 5.69 Å². The summed E-state index contributed by atoms with van der Waals surface area (Å²) in [5, 5.41) is 19.2. The summed E-state index contributed by atoms with van der Waals surface area (Å²) in [6, 6.07) is 7.38. The number of aliphatic carboxylic acids is 1. The highest BCUT2D eigenvalue weighted by Gasteiger charge is 2.27. The molecule has 0 spiro atoms. The van der Waals surface area contributed by atoms with Crippen LogP contribution < -0.4 is 0 Å². The molecule has 2 aromatic heterocycles. The van der Waals surface area contributed by atoms with E-state index in [2.05, 4.69) is 15.3 Å². The van der Waals surface area contributed by atoms with Gasteiger partial charge in [-0.25, -0.2) is 4.68 Å². The second-order valence-electron chi connectivity index (χ2n) is 6.39. The third-order valence-corrected chi connectivity index (χ3v) is 4.67. The largest absolute Gasteiger partial charge is 0.480 e. The van der Waals surface area contributed by atoms with Gasteiger partial charge in [0.15, 0.2) is 5.69 Å². The van der Waals surface area contributed by atoms with Crippen molar-refractivity contribution in [2.45, 2.75) is 33.2 Å². The van der Waals surface area contributed by atoms with Gasteiger partial charge < -0.3 is 10.0 Å². The number of aromatic nitrogens is 4. The minimum atomic E-state index is -1.06. The van der Waals surface area contributed by atoms with E-state index in [-0.39, 0.29) is 18.3 Å². The molecular formula is C19H21N5O3. The molecule has 27 heavy (non-hydrogen) atoms. The number of carbonyl (C=O) groups is 2. The van der Waals surface area contributed by atoms with Crippen molar-refractivity contribution in [2.75, 3.05) is 6.54 Å². The predicted octanol–water partition coefficient (Wildman–Crippen LogP) is 2.45. The maximum absolute atomic E-state index is 12.9. The van der Waals surface area contributed by atoms with Crippen molar-refractivity contribution >= 4 is 22.6 Å². The fourth-order valence-electron chi connectivity index (χ4n) is 2.98. The van der Waals surface area contributed by atoms with Gasteiger partial charge >= 0.3 is 5.97 Å². The molecule has 3 aromatic rings. The number of carboxylic acids is 1. The van der Waals surface area contributed by atoms with E-state index in [0.717, 1.165) is 16.5 Å². The van der Waals surface area contributed by atoms with Crippen LogP contribution in [0.4, 0.5) is 0 Å². The Morgan fingerprint density at radius 3 is 2.78 bits per heavy atom.